The van der Waals surface area contributed by atoms with Crippen LogP contribution in [-0.2, 0) is 0 Å². The number of hydrogen-bond donors (Lipinski definition) is 0. The molecule has 0 atom stereocenters. The first-order valence-electron chi connectivity index (χ1n) is 19.9. The number of aromatic nitrogens is 3. The monoisotopic (exact) mass is 751 g/mol. The maximum atomic E-state index is 6.58. The fourth-order valence-corrected chi connectivity index (χ4v) is 9.06. The minimum atomic E-state index is 0.554. The Morgan fingerprint density at radius 2 is 0.831 bits per heavy atom. The zero-order chi connectivity index (χ0) is 38.9. The van der Waals surface area contributed by atoms with Crippen LogP contribution < -0.4 is 0 Å². The summed E-state index contributed by atoms with van der Waals surface area (Å²) in [6, 6.07) is 70.5. The van der Waals surface area contributed by atoms with Crippen molar-refractivity contribution in [3.05, 3.63) is 200 Å². The minimum absolute atomic E-state index is 0.554. The Bertz CT molecular complexity index is 3610. The predicted molar refractivity (Wildman–Crippen MR) is 244 cm³/mol. The van der Waals surface area contributed by atoms with Crippen LogP contribution in [0.25, 0.3) is 121 Å². The van der Waals surface area contributed by atoms with Gasteiger partial charge in [0.15, 0.2) is 17.5 Å². The Kier molecular flexibility index (Phi) is 7.50. The molecule has 10 aromatic carbocycles. The molecule has 2 aromatic heterocycles. The van der Waals surface area contributed by atoms with Crippen molar-refractivity contribution in [2.24, 2.45) is 0 Å². The first-order valence-corrected chi connectivity index (χ1v) is 19.9. The summed E-state index contributed by atoms with van der Waals surface area (Å²) < 4.78 is 6.58. The molecule has 0 saturated carbocycles. The van der Waals surface area contributed by atoms with Gasteiger partial charge in [0, 0.05) is 27.3 Å². The summed E-state index contributed by atoms with van der Waals surface area (Å²) >= 11 is 0. The molecule has 0 saturated heterocycles. The molecule has 0 aliphatic heterocycles. The zero-order valence-electron chi connectivity index (χ0n) is 31.8. The fourth-order valence-electron chi connectivity index (χ4n) is 9.06. The lowest BCUT2D eigenvalue weighted by Gasteiger charge is -2.18. The van der Waals surface area contributed by atoms with Crippen LogP contribution in [0.4, 0.5) is 0 Å². The molecule has 0 radical (unpaired) electrons. The highest BCUT2D eigenvalue weighted by molar-refractivity contribution is 6.22. The van der Waals surface area contributed by atoms with E-state index in [1.807, 2.05) is 18.2 Å². The molecule has 0 aliphatic carbocycles. The normalized spacial score (nSPS) is 11.7. The van der Waals surface area contributed by atoms with Crippen LogP contribution in [0.3, 0.4) is 0 Å². The Balaban J connectivity index is 1.18. The van der Waals surface area contributed by atoms with Gasteiger partial charge in [-0.1, -0.05) is 182 Å². The van der Waals surface area contributed by atoms with Gasteiger partial charge >= 0.3 is 0 Å². The van der Waals surface area contributed by atoms with E-state index in [2.05, 4.69) is 182 Å². The average Bonchev–Trinajstić information content (AvgIpc) is 3.70. The van der Waals surface area contributed by atoms with E-state index in [0.29, 0.717) is 17.5 Å². The van der Waals surface area contributed by atoms with Crippen LogP contribution in [0.5, 0.6) is 0 Å². The van der Waals surface area contributed by atoms with Crippen LogP contribution in [0.15, 0.2) is 205 Å². The van der Waals surface area contributed by atoms with E-state index < -0.39 is 0 Å². The van der Waals surface area contributed by atoms with Crippen molar-refractivity contribution in [2.75, 3.05) is 0 Å². The van der Waals surface area contributed by atoms with Crippen molar-refractivity contribution in [1.29, 1.82) is 0 Å². The van der Waals surface area contributed by atoms with E-state index >= 15 is 0 Å². The van der Waals surface area contributed by atoms with Crippen molar-refractivity contribution in [3.63, 3.8) is 0 Å². The number of benzene rings is 10. The van der Waals surface area contributed by atoms with Gasteiger partial charge in [-0.2, -0.15) is 0 Å². The van der Waals surface area contributed by atoms with E-state index in [9.17, 15) is 0 Å². The van der Waals surface area contributed by atoms with Crippen LogP contribution >= 0.6 is 0 Å². The van der Waals surface area contributed by atoms with Crippen molar-refractivity contribution in [2.45, 2.75) is 0 Å². The SMILES string of the molecule is c1ccc(-c2c3ccccc3c(-c3ccccc3)c3cc(-c4nc(-c5cccc6c5oc5ccccc56)nc(-c5cccc6ccc7ccccc7c56)n4)ccc23)cc1. The average molecular weight is 752 g/mol. The highest BCUT2D eigenvalue weighted by Gasteiger charge is 2.22. The Labute approximate surface area is 339 Å². The van der Waals surface area contributed by atoms with Crippen molar-refractivity contribution >= 4 is 65.0 Å². The largest absolute Gasteiger partial charge is 0.455 e. The van der Waals surface area contributed by atoms with Crippen molar-refractivity contribution in [1.82, 2.24) is 15.0 Å². The molecule has 0 fully saturated rings. The maximum absolute atomic E-state index is 6.58. The number of nitrogens with zero attached hydrogens (tertiary/aromatic N) is 3. The molecule has 274 valence electrons. The number of rotatable bonds is 5. The standard InChI is InChI=1S/C55H33N3O/c1-3-16-35(17-4-1)50-41-23-9-10-24-42(41)51(36-18-5-2-6-19-36)47-33-38(31-32-43(47)50)53-56-54(45-26-13-20-37-30-29-34-15-7-8-21-39(34)49(37)45)58-55(57-53)46-27-14-25-44-40-22-11-12-28-48(40)59-52(44)46/h1-33H. The highest BCUT2D eigenvalue weighted by Crippen LogP contribution is 2.45. The summed E-state index contributed by atoms with van der Waals surface area (Å²) in [6.07, 6.45) is 0. The topological polar surface area (TPSA) is 51.8 Å². The lowest BCUT2D eigenvalue weighted by atomic mass is 9.85. The molecule has 2 heterocycles. The van der Waals surface area contributed by atoms with E-state index in [1.54, 1.807) is 0 Å². The molecule has 0 unspecified atom stereocenters. The van der Waals surface area contributed by atoms with Gasteiger partial charge in [0.25, 0.3) is 0 Å². The third-order valence-corrected chi connectivity index (χ3v) is 11.7. The zero-order valence-corrected chi connectivity index (χ0v) is 31.8. The summed E-state index contributed by atoms with van der Waals surface area (Å²) in [7, 11) is 0. The van der Waals surface area contributed by atoms with Gasteiger partial charge < -0.3 is 4.42 Å². The molecule has 0 amide bonds. The lowest BCUT2D eigenvalue weighted by Crippen LogP contribution is -2.01. The van der Waals surface area contributed by atoms with E-state index in [-0.39, 0.29) is 0 Å². The quantitative estimate of drug-likeness (QED) is 0.130. The maximum Gasteiger partial charge on any atom is 0.167 e. The lowest BCUT2D eigenvalue weighted by molar-refractivity contribution is 0.669. The number of para-hydroxylation sites is 2. The first-order chi connectivity index (χ1) is 29.3. The highest BCUT2D eigenvalue weighted by atomic mass is 16.3. The van der Waals surface area contributed by atoms with Crippen LogP contribution in [0.1, 0.15) is 0 Å². The van der Waals surface area contributed by atoms with Gasteiger partial charge in [0.05, 0.1) is 5.56 Å². The van der Waals surface area contributed by atoms with Gasteiger partial charge in [0.2, 0.25) is 0 Å². The Hall–Kier alpha value is -7.95. The molecule has 0 bridgehead atoms. The minimum Gasteiger partial charge on any atom is -0.455 e. The first kappa shape index (κ1) is 33.2. The third-order valence-electron chi connectivity index (χ3n) is 11.7. The second kappa shape index (κ2) is 13.3. The van der Waals surface area contributed by atoms with Gasteiger partial charge in [0.1, 0.15) is 11.2 Å². The summed E-state index contributed by atoms with van der Waals surface area (Å²) in [5.41, 5.74) is 8.96. The van der Waals surface area contributed by atoms with Gasteiger partial charge in [-0.25, -0.2) is 15.0 Å². The molecular weight excluding hydrogens is 719 g/mol. The Morgan fingerprint density at radius 3 is 1.59 bits per heavy atom. The second-order valence-electron chi connectivity index (χ2n) is 15.1. The summed E-state index contributed by atoms with van der Waals surface area (Å²) in [4.78, 5) is 16.0. The number of fused-ring (bicyclic) bond motifs is 8. The van der Waals surface area contributed by atoms with Crippen LogP contribution in [0.2, 0.25) is 0 Å². The van der Waals surface area contributed by atoms with Gasteiger partial charge in [-0.05, 0) is 78.2 Å². The Morgan fingerprint density at radius 1 is 0.305 bits per heavy atom. The number of furan rings is 1. The smallest absolute Gasteiger partial charge is 0.167 e. The summed E-state index contributed by atoms with van der Waals surface area (Å²) in [5.74, 6) is 1.75. The molecule has 12 aromatic rings. The second-order valence-corrected chi connectivity index (χ2v) is 15.1. The summed E-state index contributed by atoms with van der Waals surface area (Å²) in [6.45, 7) is 0. The van der Waals surface area contributed by atoms with Gasteiger partial charge in [-0.15, -0.1) is 0 Å². The molecule has 12 rings (SSSR count). The van der Waals surface area contributed by atoms with Crippen LogP contribution in [0, 0.1) is 0 Å². The fraction of sp³-hybridized carbons (Fsp3) is 0. The summed E-state index contributed by atoms with van der Waals surface area (Å²) in [5, 5.41) is 11.3. The molecule has 59 heavy (non-hydrogen) atoms. The van der Waals surface area contributed by atoms with Crippen LogP contribution in [-0.4, -0.2) is 15.0 Å². The third kappa shape index (κ3) is 5.34. The van der Waals surface area contributed by atoms with E-state index in [0.717, 1.165) is 65.7 Å². The van der Waals surface area contributed by atoms with Gasteiger partial charge in [-0.3, -0.25) is 0 Å². The van der Waals surface area contributed by atoms with Crippen molar-refractivity contribution in [3.8, 4) is 56.4 Å². The van der Waals surface area contributed by atoms with E-state index in [1.165, 1.54) is 38.2 Å². The molecule has 0 spiro atoms. The van der Waals surface area contributed by atoms with Crippen molar-refractivity contribution < 1.29 is 4.42 Å². The van der Waals surface area contributed by atoms with E-state index in [4.69, 9.17) is 19.4 Å². The predicted octanol–water partition coefficient (Wildman–Crippen LogP) is 14.7. The molecule has 4 nitrogen and oxygen atoms in total. The number of hydrogen-bond acceptors (Lipinski definition) is 4. The molecule has 4 heteroatoms. The molecule has 0 aliphatic rings. The molecular formula is C55H33N3O. The molecule has 0 N–H and O–H groups in total.